The van der Waals surface area contributed by atoms with Crippen LogP contribution in [0.25, 0.3) is 66.8 Å². The zero-order valence-electron chi connectivity index (χ0n) is 31.5. The summed E-state index contributed by atoms with van der Waals surface area (Å²) in [6.45, 7) is 7.44. The molecule has 5 nitrogen and oxygen atoms in total. The van der Waals surface area contributed by atoms with E-state index < -0.39 is 0 Å². The molecular formula is C50H41N5. The van der Waals surface area contributed by atoms with Crippen LogP contribution in [-0.4, -0.2) is 28.1 Å². The normalized spacial score (nSPS) is 12.6. The summed E-state index contributed by atoms with van der Waals surface area (Å²) >= 11 is 0. The first-order valence-electron chi connectivity index (χ1n) is 19.0. The van der Waals surface area contributed by atoms with Gasteiger partial charge in [-0.15, -0.1) is 0 Å². The third-order valence-electron chi connectivity index (χ3n) is 11.1. The topological polar surface area (TPSA) is 29.2 Å². The van der Waals surface area contributed by atoms with E-state index in [1.807, 2.05) is 0 Å². The molecule has 0 bridgehead atoms. The number of aryl methyl sites for hydroxylation is 3. The Labute approximate surface area is 322 Å². The standard InChI is InChI=1S/C50H41N5/c1-33-28-34(2)47(35(3)29-33)48-49(36-16-7-5-8-17-36)51-55(50(48)37-18-9-6-10-19-37)40-26-27-42-41-22-11-12-23-43(41)54(46(42)31-40)39-21-15-20-38(30-39)53-32-52(4)44-24-13-14-25-45(44)53/h5-31H,32H2,1-4H3. The van der Waals surface area contributed by atoms with Gasteiger partial charge in [-0.2, -0.15) is 5.10 Å². The Morgan fingerprint density at radius 1 is 0.491 bits per heavy atom. The quantitative estimate of drug-likeness (QED) is 0.172. The minimum Gasteiger partial charge on any atom is -0.355 e. The van der Waals surface area contributed by atoms with Crippen LogP contribution in [0.4, 0.5) is 17.1 Å². The van der Waals surface area contributed by atoms with E-state index in [2.05, 4.69) is 211 Å². The van der Waals surface area contributed by atoms with Crippen molar-refractivity contribution in [3.8, 4) is 45.0 Å². The van der Waals surface area contributed by atoms with Crippen molar-refractivity contribution in [2.45, 2.75) is 20.8 Å². The van der Waals surface area contributed by atoms with Gasteiger partial charge in [0.2, 0.25) is 0 Å². The van der Waals surface area contributed by atoms with Crippen molar-refractivity contribution in [3.05, 3.63) is 180 Å². The largest absolute Gasteiger partial charge is 0.355 e. The zero-order valence-corrected chi connectivity index (χ0v) is 31.5. The highest BCUT2D eigenvalue weighted by Crippen LogP contribution is 2.45. The van der Waals surface area contributed by atoms with Crippen molar-refractivity contribution in [3.63, 3.8) is 0 Å². The van der Waals surface area contributed by atoms with Gasteiger partial charge in [-0.25, -0.2) is 4.68 Å². The van der Waals surface area contributed by atoms with Gasteiger partial charge >= 0.3 is 0 Å². The smallest absolute Gasteiger partial charge is 0.101 e. The van der Waals surface area contributed by atoms with Gasteiger partial charge in [0.1, 0.15) is 5.69 Å². The lowest BCUT2D eigenvalue weighted by Gasteiger charge is -2.21. The van der Waals surface area contributed by atoms with Crippen LogP contribution in [0.3, 0.4) is 0 Å². The summed E-state index contributed by atoms with van der Waals surface area (Å²) in [6, 6.07) is 59.2. The molecule has 5 heteroatoms. The molecule has 10 rings (SSSR count). The van der Waals surface area contributed by atoms with Crippen molar-refractivity contribution >= 4 is 38.9 Å². The fourth-order valence-corrected chi connectivity index (χ4v) is 8.85. The summed E-state index contributed by atoms with van der Waals surface area (Å²) in [5.74, 6) is 0. The third kappa shape index (κ3) is 5.34. The lowest BCUT2D eigenvalue weighted by Crippen LogP contribution is -2.24. The number of hydrogen-bond acceptors (Lipinski definition) is 3. The second-order valence-electron chi connectivity index (χ2n) is 14.8. The predicted octanol–water partition coefficient (Wildman–Crippen LogP) is 12.4. The van der Waals surface area contributed by atoms with Gasteiger partial charge in [0.15, 0.2) is 0 Å². The van der Waals surface area contributed by atoms with Gasteiger partial charge in [0, 0.05) is 45.9 Å². The molecule has 0 fully saturated rings. The lowest BCUT2D eigenvalue weighted by molar-refractivity contribution is 0.892. The van der Waals surface area contributed by atoms with E-state index >= 15 is 0 Å². The number of benzene rings is 7. The molecule has 0 N–H and O–H groups in total. The highest BCUT2D eigenvalue weighted by Gasteiger charge is 2.27. The molecule has 1 aliphatic rings. The van der Waals surface area contributed by atoms with E-state index in [4.69, 9.17) is 5.10 Å². The Hall–Kier alpha value is -6.85. The van der Waals surface area contributed by atoms with E-state index in [0.29, 0.717) is 0 Å². The molecule has 0 unspecified atom stereocenters. The minimum atomic E-state index is 0.799. The minimum absolute atomic E-state index is 0.799. The molecule has 0 aliphatic carbocycles. The molecule has 2 aromatic heterocycles. The molecule has 9 aromatic rings. The highest BCUT2D eigenvalue weighted by atomic mass is 15.4. The van der Waals surface area contributed by atoms with Crippen LogP contribution in [0.2, 0.25) is 0 Å². The summed E-state index contributed by atoms with van der Waals surface area (Å²) in [5.41, 5.74) is 18.5. The number of rotatable bonds is 6. The van der Waals surface area contributed by atoms with Crippen molar-refractivity contribution in [1.82, 2.24) is 14.3 Å². The van der Waals surface area contributed by atoms with E-state index in [1.54, 1.807) is 0 Å². The first kappa shape index (κ1) is 32.8. The molecule has 7 aromatic carbocycles. The van der Waals surface area contributed by atoms with Gasteiger partial charge in [0.05, 0.1) is 40.5 Å². The van der Waals surface area contributed by atoms with Crippen molar-refractivity contribution in [1.29, 1.82) is 0 Å². The SMILES string of the molecule is Cc1cc(C)c(-c2c(-c3ccccc3)nn(-c3ccc4c5ccccc5n(-c5cccc(N6CN(C)c7ccccc76)c5)c4c3)c2-c2ccccc2)c(C)c1. The summed E-state index contributed by atoms with van der Waals surface area (Å²) < 4.78 is 4.60. The fraction of sp³-hybridized carbons (Fsp3) is 0.100. The molecule has 55 heavy (non-hydrogen) atoms. The van der Waals surface area contributed by atoms with Gasteiger partial charge < -0.3 is 14.4 Å². The number of nitrogens with zero attached hydrogens (tertiary/aromatic N) is 5. The molecule has 0 amide bonds. The number of hydrogen-bond donors (Lipinski definition) is 0. The Kier molecular flexibility index (Phi) is 7.70. The van der Waals surface area contributed by atoms with Crippen LogP contribution in [-0.2, 0) is 0 Å². The summed E-state index contributed by atoms with van der Waals surface area (Å²) in [4.78, 5) is 4.70. The molecule has 0 saturated carbocycles. The molecule has 0 spiro atoms. The molecule has 0 radical (unpaired) electrons. The van der Waals surface area contributed by atoms with Gasteiger partial charge in [-0.3, -0.25) is 0 Å². The molecule has 0 atom stereocenters. The number of para-hydroxylation sites is 3. The van der Waals surface area contributed by atoms with E-state index in [0.717, 1.165) is 57.3 Å². The predicted molar refractivity (Wildman–Crippen MR) is 230 cm³/mol. The zero-order chi connectivity index (χ0) is 37.2. The summed E-state index contributed by atoms with van der Waals surface area (Å²) in [6.07, 6.45) is 0. The summed E-state index contributed by atoms with van der Waals surface area (Å²) in [7, 11) is 2.16. The van der Waals surface area contributed by atoms with E-state index in [9.17, 15) is 0 Å². The third-order valence-corrected chi connectivity index (χ3v) is 11.1. The van der Waals surface area contributed by atoms with Crippen molar-refractivity contribution < 1.29 is 0 Å². The average molecular weight is 712 g/mol. The summed E-state index contributed by atoms with van der Waals surface area (Å²) in [5, 5.41) is 7.99. The van der Waals surface area contributed by atoms with Crippen LogP contribution in [0.1, 0.15) is 16.7 Å². The fourth-order valence-electron chi connectivity index (χ4n) is 8.85. The lowest BCUT2D eigenvalue weighted by atomic mass is 9.89. The number of anilines is 3. The Bertz CT molecular complexity index is 2880. The average Bonchev–Trinajstić information content (AvgIpc) is 3.88. The second-order valence-corrected chi connectivity index (χ2v) is 14.8. The Morgan fingerprint density at radius 2 is 1.13 bits per heavy atom. The Balaban J connectivity index is 1.23. The first-order chi connectivity index (χ1) is 26.9. The molecule has 266 valence electrons. The first-order valence-corrected chi connectivity index (χ1v) is 19.0. The molecular weight excluding hydrogens is 671 g/mol. The van der Waals surface area contributed by atoms with E-state index in [1.165, 1.54) is 49.9 Å². The van der Waals surface area contributed by atoms with Crippen LogP contribution >= 0.6 is 0 Å². The van der Waals surface area contributed by atoms with Crippen molar-refractivity contribution in [2.75, 3.05) is 23.5 Å². The van der Waals surface area contributed by atoms with Crippen LogP contribution in [0.15, 0.2) is 164 Å². The monoisotopic (exact) mass is 711 g/mol. The van der Waals surface area contributed by atoms with Crippen LogP contribution in [0.5, 0.6) is 0 Å². The highest BCUT2D eigenvalue weighted by molar-refractivity contribution is 6.10. The maximum atomic E-state index is 5.56. The van der Waals surface area contributed by atoms with E-state index in [-0.39, 0.29) is 0 Å². The van der Waals surface area contributed by atoms with Crippen molar-refractivity contribution in [2.24, 2.45) is 0 Å². The molecule has 3 heterocycles. The maximum absolute atomic E-state index is 5.56. The maximum Gasteiger partial charge on any atom is 0.101 e. The van der Waals surface area contributed by atoms with Gasteiger partial charge in [0.25, 0.3) is 0 Å². The van der Waals surface area contributed by atoms with Crippen LogP contribution in [0, 0.1) is 20.8 Å². The van der Waals surface area contributed by atoms with Gasteiger partial charge in [-0.1, -0.05) is 121 Å². The van der Waals surface area contributed by atoms with Crippen LogP contribution < -0.4 is 9.80 Å². The second kappa shape index (κ2) is 12.9. The number of fused-ring (bicyclic) bond motifs is 4. The molecule has 1 aliphatic heterocycles. The Morgan fingerprint density at radius 3 is 1.89 bits per heavy atom. The number of aromatic nitrogens is 3. The van der Waals surface area contributed by atoms with Gasteiger partial charge in [-0.05, 0) is 86.0 Å². The molecule has 0 saturated heterocycles.